The van der Waals surface area contributed by atoms with Crippen molar-refractivity contribution < 1.29 is 23.4 Å². The summed E-state index contributed by atoms with van der Waals surface area (Å²) >= 11 is 3.92. The van der Waals surface area contributed by atoms with Gasteiger partial charge in [-0.3, -0.25) is 0 Å². The summed E-state index contributed by atoms with van der Waals surface area (Å²) in [6, 6.07) is 1.12. The molecule has 6 nitrogen and oxygen atoms in total. The predicted octanol–water partition coefficient (Wildman–Crippen LogP) is 2.04. The molecule has 1 aromatic rings. The molecule has 1 aromatic heterocycles. The number of hydrogen-bond donors (Lipinski definition) is 3. The fourth-order valence-corrected chi connectivity index (χ4v) is 5.48. The van der Waals surface area contributed by atoms with Crippen molar-refractivity contribution in [1.82, 2.24) is 4.72 Å². The van der Waals surface area contributed by atoms with Crippen molar-refractivity contribution in [3.8, 4) is 0 Å². The first-order chi connectivity index (χ1) is 9.15. The second-order valence-electron chi connectivity index (χ2n) is 4.55. The summed E-state index contributed by atoms with van der Waals surface area (Å²) < 4.78 is 27.4. The van der Waals surface area contributed by atoms with Crippen LogP contribution in [-0.2, 0) is 10.0 Å². The number of sulfonamides is 1. The Bertz CT molecular complexity index is 598. The van der Waals surface area contributed by atoms with Crippen LogP contribution in [0.25, 0.3) is 0 Å². The van der Waals surface area contributed by atoms with E-state index in [1.165, 1.54) is 0 Å². The van der Waals surface area contributed by atoms with Crippen LogP contribution in [0.2, 0.25) is 0 Å². The number of carboxylic acid groups (broad SMARTS) is 1. The SMILES string of the molecule is CCC(C)(CCO)NS(=O)(=O)c1cc(C(=O)O)sc1Br. The van der Waals surface area contributed by atoms with Gasteiger partial charge in [0.15, 0.2) is 0 Å². The van der Waals surface area contributed by atoms with Crippen LogP contribution in [-0.4, -0.2) is 36.7 Å². The lowest BCUT2D eigenvalue weighted by atomic mass is 9.97. The third kappa shape index (κ3) is 4.01. The molecule has 0 radical (unpaired) electrons. The van der Waals surface area contributed by atoms with Gasteiger partial charge in [-0.15, -0.1) is 11.3 Å². The molecule has 20 heavy (non-hydrogen) atoms. The molecule has 0 bridgehead atoms. The molecular weight excluding hydrogens is 370 g/mol. The number of aromatic carboxylic acids is 1. The molecular formula is C11H16BrNO5S2. The van der Waals surface area contributed by atoms with Gasteiger partial charge in [-0.2, -0.15) is 0 Å². The standard InChI is InChI=1S/C11H16BrNO5S2/c1-3-11(2,4-5-14)13-20(17,18)8-6-7(10(15)16)19-9(8)12/h6,13-14H,3-5H2,1-2H3,(H,15,16). The highest BCUT2D eigenvalue weighted by Gasteiger charge is 2.31. The minimum Gasteiger partial charge on any atom is -0.477 e. The number of carbonyl (C=O) groups is 1. The van der Waals surface area contributed by atoms with E-state index in [0.717, 1.165) is 17.4 Å². The second kappa shape index (κ2) is 6.52. The van der Waals surface area contributed by atoms with Gasteiger partial charge < -0.3 is 10.2 Å². The Morgan fingerprint density at radius 3 is 2.55 bits per heavy atom. The number of thiophene rings is 1. The number of halogens is 1. The summed E-state index contributed by atoms with van der Waals surface area (Å²) in [5, 5.41) is 17.9. The fraction of sp³-hybridized carbons (Fsp3) is 0.545. The maximum atomic E-state index is 12.3. The van der Waals surface area contributed by atoms with Crippen LogP contribution in [0.5, 0.6) is 0 Å². The zero-order valence-corrected chi connectivity index (χ0v) is 14.2. The van der Waals surface area contributed by atoms with E-state index in [0.29, 0.717) is 6.42 Å². The molecule has 0 aromatic carbocycles. The van der Waals surface area contributed by atoms with Crippen molar-refractivity contribution >= 4 is 43.3 Å². The Hall–Kier alpha value is -0.480. The minimum atomic E-state index is -3.86. The van der Waals surface area contributed by atoms with E-state index >= 15 is 0 Å². The molecule has 0 amide bonds. The molecule has 0 fully saturated rings. The van der Waals surface area contributed by atoms with Crippen LogP contribution in [0, 0.1) is 0 Å². The van der Waals surface area contributed by atoms with Crippen molar-refractivity contribution in [3.05, 3.63) is 14.7 Å². The van der Waals surface area contributed by atoms with Crippen LogP contribution < -0.4 is 4.72 Å². The summed E-state index contributed by atoms with van der Waals surface area (Å²) in [4.78, 5) is 10.7. The Kier molecular flexibility index (Phi) is 5.73. The first-order valence-electron chi connectivity index (χ1n) is 5.82. The molecule has 1 rings (SSSR count). The van der Waals surface area contributed by atoms with Gasteiger partial charge in [0.05, 0.1) is 3.79 Å². The smallest absolute Gasteiger partial charge is 0.345 e. The van der Waals surface area contributed by atoms with E-state index < -0.39 is 21.5 Å². The van der Waals surface area contributed by atoms with Crippen LogP contribution in [0.15, 0.2) is 14.7 Å². The molecule has 0 spiro atoms. The molecule has 114 valence electrons. The van der Waals surface area contributed by atoms with Crippen LogP contribution in [0.4, 0.5) is 0 Å². The summed E-state index contributed by atoms with van der Waals surface area (Å²) in [5.41, 5.74) is -0.779. The largest absolute Gasteiger partial charge is 0.477 e. The van der Waals surface area contributed by atoms with Gasteiger partial charge in [0, 0.05) is 12.1 Å². The van der Waals surface area contributed by atoms with Gasteiger partial charge in [-0.1, -0.05) is 6.92 Å². The highest BCUT2D eigenvalue weighted by atomic mass is 79.9. The van der Waals surface area contributed by atoms with Gasteiger partial charge in [-0.25, -0.2) is 17.9 Å². The van der Waals surface area contributed by atoms with Crippen molar-refractivity contribution in [1.29, 1.82) is 0 Å². The van der Waals surface area contributed by atoms with Crippen LogP contribution in [0.3, 0.4) is 0 Å². The number of aliphatic hydroxyl groups is 1. The van der Waals surface area contributed by atoms with Crippen molar-refractivity contribution in [2.45, 2.75) is 37.1 Å². The van der Waals surface area contributed by atoms with Gasteiger partial charge in [0.1, 0.15) is 9.77 Å². The second-order valence-corrected chi connectivity index (χ2v) is 8.57. The molecule has 1 atom stereocenters. The lowest BCUT2D eigenvalue weighted by Crippen LogP contribution is -2.46. The Labute approximate surface area is 130 Å². The molecule has 0 saturated carbocycles. The van der Waals surface area contributed by atoms with Gasteiger partial charge in [0.2, 0.25) is 10.0 Å². The zero-order valence-electron chi connectivity index (χ0n) is 11.0. The molecule has 0 aliphatic carbocycles. The zero-order chi connectivity index (χ0) is 15.6. The van der Waals surface area contributed by atoms with E-state index in [1.807, 2.05) is 6.92 Å². The third-order valence-corrected chi connectivity index (χ3v) is 6.86. The maximum Gasteiger partial charge on any atom is 0.345 e. The molecule has 9 heteroatoms. The summed E-state index contributed by atoms with van der Waals surface area (Å²) in [6.45, 7) is 3.36. The molecule has 1 heterocycles. The summed E-state index contributed by atoms with van der Waals surface area (Å²) in [7, 11) is -3.86. The summed E-state index contributed by atoms with van der Waals surface area (Å²) in [6.07, 6.45) is 0.774. The number of nitrogens with one attached hydrogen (secondary N) is 1. The molecule has 3 N–H and O–H groups in total. The Morgan fingerprint density at radius 1 is 1.55 bits per heavy atom. The lowest BCUT2D eigenvalue weighted by Gasteiger charge is -2.28. The average molecular weight is 386 g/mol. The van der Waals surface area contributed by atoms with Crippen molar-refractivity contribution in [3.63, 3.8) is 0 Å². The monoisotopic (exact) mass is 385 g/mol. The highest BCUT2D eigenvalue weighted by molar-refractivity contribution is 9.11. The number of aliphatic hydroxyl groups excluding tert-OH is 1. The van der Waals surface area contributed by atoms with Crippen molar-refractivity contribution in [2.24, 2.45) is 0 Å². The number of carboxylic acids is 1. The third-order valence-electron chi connectivity index (χ3n) is 2.98. The molecule has 1 unspecified atom stereocenters. The predicted molar refractivity (Wildman–Crippen MR) is 79.7 cm³/mol. The summed E-state index contributed by atoms with van der Waals surface area (Å²) in [5.74, 6) is -1.18. The molecule has 0 aliphatic heterocycles. The van der Waals surface area contributed by atoms with E-state index in [-0.39, 0.29) is 26.6 Å². The molecule has 0 saturated heterocycles. The number of rotatable bonds is 7. The van der Waals surface area contributed by atoms with E-state index in [1.54, 1.807) is 6.92 Å². The molecule has 0 aliphatic rings. The fourth-order valence-electron chi connectivity index (χ4n) is 1.57. The van der Waals surface area contributed by atoms with Gasteiger partial charge in [-0.05, 0) is 41.8 Å². The normalized spacial score (nSPS) is 15.0. The lowest BCUT2D eigenvalue weighted by molar-refractivity contribution is 0.0702. The first-order valence-corrected chi connectivity index (χ1v) is 8.92. The Morgan fingerprint density at radius 2 is 2.15 bits per heavy atom. The maximum absolute atomic E-state index is 12.3. The van der Waals surface area contributed by atoms with Gasteiger partial charge in [0.25, 0.3) is 0 Å². The van der Waals surface area contributed by atoms with Crippen molar-refractivity contribution in [2.75, 3.05) is 6.61 Å². The highest BCUT2D eigenvalue weighted by Crippen LogP contribution is 2.32. The van der Waals surface area contributed by atoms with E-state index in [9.17, 15) is 13.2 Å². The van der Waals surface area contributed by atoms with Crippen LogP contribution >= 0.6 is 27.3 Å². The minimum absolute atomic E-state index is 0.0578. The Balaban J connectivity index is 3.14. The number of hydrogen-bond acceptors (Lipinski definition) is 5. The quantitative estimate of drug-likeness (QED) is 0.665. The van der Waals surface area contributed by atoms with E-state index in [2.05, 4.69) is 20.7 Å². The topological polar surface area (TPSA) is 104 Å². The van der Waals surface area contributed by atoms with E-state index in [4.69, 9.17) is 10.2 Å². The first kappa shape index (κ1) is 17.6. The van der Waals surface area contributed by atoms with Gasteiger partial charge >= 0.3 is 5.97 Å². The van der Waals surface area contributed by atoms with Crippen LogP contribution in [0.1, 0.15) is 36.4 Å². The average Bonchev–Trinajstić information content (AvgIpc) is 2.72.